The molecule has 0 radical (unpaired) electrons. The van der Waals surface area contributed by atoms with Crippen LogP contribution in [0.1, 0.15) is 53.4 Å². The lowest BCUT2D eigenvalue weighted by Gasteiger charge is -2.30. The van der Waals surface area contributed by atoms with Crippen molar-refractivity contribution in [3.05, 3.63) is 35.5 Å². The van der Waals surface area contributed by atoms with Gasteiger partial charge in [0.15, 0.2) is 0 Å². The molecule has 0 aromatic rings. The third kappa shape index (κ3) is 3.02. The minimum atomic E-state index is 0.431. The van der Waals surface area contributed by atoms with Crippen molar-refractivity contribution < 1.29 is 0 Å². The Morgan fingerprint density at radius 1 is 1.37 bits per heavy atom. The molecule has 106 valence electrons. The van der Waals surface area contributed by atoms with Gasteiger partial charge in [-0.25, -0.2) is 0 Å². The van der Waals surface area contributed by atoms with Crippen molar-refractivity contribution in [2.45, 2.75) is 58.9 Å². The minimum Gasteiger partial charge on any atom is -0.290 e. The highest BCUT2D eigenvalue weighted by molar-refractivity contribution is 5.37. The van der Waals surface area contributed by atoms with E-state index in [4.69, 9.17) is 0 Å². The smallest absolute Gasteiger partial charge is 0.0554 e. The largest absolute Gasteiger partial charge is 0.290 e. The molecule has 1 nitrogen and oxygen atoms in total. The third-order valence-corrected chi connectivity index (χ3v) is 4.72. The second kappa shape index (κ2) is 6.09. The first-order chi connectivity index (χ1) is 9.16. The second-order valence-electron chi connectivity index (χ2n) is 6.23. The molecule has 2 fully saturated rings. The summed E-state index contributed by atoms with van der Waals surface area (Å²) in [6.45, 7) is 11.6. The molecule has 2 rings (SSSR count). The van der Waals surface area contributed by atoms with Crippen molar-refractivity contribution in [1.29, 1.82) is 0 Å². The molecule has 0 N–H and O–H groups in total. The van der Waals surface area contributed by atoms with E-state index >= 15 is 0 Å². The maximum Gasteiger partial charge on any atom is 0.0554 e. The van der Waals surface area contributed by atoms with Crippen molar-refractivity contribution in [3.8, 4) is 0 Å². The van der Waals surface area contributed by atoms with Crippen LogP contribution in [0.5, 0.6) is 0 Å². The summed E-state index contributed by atoms with van der Waals surface area (Å²) in [5.41, 5.74) is 3.57. The third-order valence-electron chi connectivity index (χ3n) is 4.72. The molecule has 0 saturated carbocycles. The number of fused-ring (bicyclic) bond motifs is 1. The summed E-state index contributed by atoms with van der Waals surface area (Å²) in [5.74, 6) is 0.883. The van der Waals surface area contributed by atoms with Crippen molar-refractivity contribution in [2.24, 2.45) is 5.92 Å². The molecule has 2 saturated heterocycles. The predicted molar refractivity (Wildman–Crippen MR) is 84.3 cm³/mol. The van der Waals surface area contributed by atoms with E-state index in [1.807, 2.05) is 0 Å². The Hall–Kier alpha value is -0.820. The topological polar surface area (TPSA) is 3.01 Å². The highest BCUT2D eigenvalue weighted by atomic mass is 15.4. The van der Waals surface area contributed by atoms with Gasteiger partial charge in [-0.2, -0.15) is 0 Å². The van der Waals surface area contributed by atoms with E-state index in [-0.39, 0.29) is 0 Å². The Morgan fingerprint density at radius 2 is 2.16 bits per heavy atom. The molecule has 0 amide bonds. The van der Waals surface area contributed by atoms with E-state index in [1.54, 1.807) is 5.57 Å². The summed E-state index contributed by atoms with van der Waals surface area (Å²) in [5, 5.41) is 0. The molecule has 0 aromatic carbocycles. The van der Waals surface area contributed by atoms with Crippen LogP contribution in [0.3, 0.4) is 0 Å². The Morgan fingerprint density at radius 3 is 2.79 bits per heavy atom. The first-order valence-electron chi connectivity index (χ1n) is 7.88. The average molecular weight is 259 g/mol. The Kier molecular flexibility index (Phi) is 4.67. The molecule has 0 bridgehead atoms. The van der Waals surface area contributed by atoms with Crippen molar-refractivity contribution in [1.82, 2.24) is 4.90 Å². The van der Waals surface area contributed by atoms with Gasteiger partial charge in [0.25, 0.3) is 0 Å². The maximum atomic E-state index is 2.68. The molecule has 1 heteroatoms. The molecular weight excluding hydrogens is 230 g/mol. The van der Waals surface area contributed by atoms with E-state index < -0.39 is 0 Å². The number of rotatable bonds is 5. The Bertz CT molecular complexity index is 402. The van der Waals surface area contributed by atoms with Gasteiger partial charge in [0.2, 0.25) is 0 Å². The van der Waals surface area contributed by atoms with Gasteiger partial charge in [-0.15, -0.1) is 0 Å². The monoisotopic (exact) mass is 259 g/mol. The first kappa shape index (κ1) is 14.6. The lowest BCUT2D eigenvalue weighted by Crippen LogP contribution is -2.30. The van der Waals surface area contributed by atoms with Crippen LogP contribution < -0.4 is 0 Å². The van der Waals surface area contributed by atoms with Gasteiger partial charge in [-0.3, -0.25) is 4.90 Å². The standard InChI is InChI=1S/C18H29N/c1-5-8-16(9-6-2)12-17(7-3)18-13-15(4)10-11-19(18)14-18/h5,7-9,15H,6,10-14H2,1-4H3/b8-5-,16-9+,17-7+. The minimum absolute atomic E-state index is 0.431. The summed E-state index contributed by atoms with van der Waals surface area (Å²) in [4.78, 5) is 2.68. The van der Waals surface area contributed by atoms with E-state index in [2.05, 4.69) is 56.9 Å². The average Bonchev–Trinajstić information content (AvgIpc) is 3.10. The zero-order valence-corrected chi connectivity index (χ0v) is 13.1. The highest BCUT2D eigenvalue weighted by Crippen LogP contribution is 2.50. The van der Waals surface area contributed by atoms with Gasteiger partial charge in [0, 0.05) is 6.54 Å². The number of allylic oxidation sites excluding steroid dienone is 5. The van der Waals surface area contributed by atoms with Gasteiger partial charge < -0.3 is 0 Å². The van der Waals surface area contributed by atoms with Crippen LogP contribution in [-0.4, -0.2) is 23.5 Å². The van der Waals surface area contributed by atoms with Crippen LogP contribution in [0.25, 0.3) is 0 Å². The lowest BCUT2D eigenvalue weighted by atomic mass is 9.82. The number of hydrogen-bond donors (Lipinski definition) is 0. The fraction of sp³-hybridized carbons (Fsp3) is 0.667. The van der Waals surface area contributed by atoms with Gasteiger partial charge >= 0.3 is 0 Å². The van der Waals surface area contributed by atoms with Gasteiger partial charge in [-0.05, 0) is 63.1 Å². The Labute approximate surface area is 119 Å². The summed E-state index contributed by atoms with van der Waals surface area (Å²) < 4.78 is 0. The molecule has 0 spiro atoms. The van der Waals surface area contributed by atoms with Crippen molar-refractivity contribution in [3.63, 3.8) is 0 Å². The molecule has 3 atom stereocenters. The van der Waals surface area contributed by atoms with E-state index in [0.717, 1.165) is 18.8 Å². The molecular formula is C18H29N. The van der Waals surface area contributed by atoms with Crippen LogP contribution in [0.2, 0.25) is 0 Å². The van der Waals surface area contributed by atoms with Crippen LogP contribution in [0, 0.1) is 5.92 Å². The van der Waals surface area contributed by atoms with Crippen LogP contribution in [0.4, 0.5) is 0 Å². The van der Waals surface area contributed by atoms with E-state index in [9.17, 15) is 0 Å². The normalized spacial score (nSPS) is 35.6. The van der Waals surface area contributed by atoms with E-state index in [1.165, 1.54) is 31.5 Å². The SMILES string of the molecule is C/C=C\C(=C/CC)C/C(=C\C)C12CC(C)CCN1C2. The Balaban J connectivity index is 2.11. The first-order valence-corrected chi connectivity index (χ1v) is 7.88. The molecule has 19 heavy (non-hydrogen) atoms. The number of hydrogen-bond acceptors (Lipinski definition) is 1. The fourth-order valence-corrected chi connectivity index (χ4v) is 3.69. The van der Waals surface area contributed by atoms with Crippen molar-refractivity contribution >= 4 is 0 Å². The number of nitrogens with zero attached hydrogens (tertiary/aromatic N) is 1. The van der Waals surface area contributed by atoms with Gasteiger partial charge in [0.1, 0.15) is 0 Å². The summed E-state index contributed by atoms with van der Waals surface area (Å²) in [6.07, 6.45) is 14.2. The summed E-state index contributed by atoms with van der Waals surface area (Å²) in [7, 11) is 0. The molecule has 0 aliphatic carbocycles. The van der Waals surface area contributed by atoms with Crippen LogP contribution >= 0.6 is 0 Å². The second-order valence-corrected chi connectivity index (χ2v) is 6.23. The molecule has 2 aliphatic heterocycles. The quantitative estimate of drug-likeness (QED) is 0.392. The zero-order chi connectivity index (χ0) is 13.9. The van der Waals surface area contributed by atoms with E-state index in [0.29, 0.717) is 5.54 Å². The maximum absolute atomic E-state index is 2.68. The summed E-state index contributed by atoms with van der Waals surface area (Å²) >= 11 is 0. The highest BCUT2D eigenvalue weighted by Gasteiger charge is 2.56. The molecule has 3 unspecified atom stereocenters. The van der Waals surface area contributed by atoms with Gasteiger partial charge in [-0.1, -0.05) is 38.2 Å². The molecule has 2 heterocycles. The van der Waals surface area contributed by atoms with Crippen LogP contribution in [0.15, 0.2) is 35.5 Å². The predicted octanol–water partition coefficient (Wildman–Crippen LogP) is 4.72. The number of piperidine rings is 1. The van der Waals surface area contributed by atoms with Crippen LogP contribution in [-0.2, 0) is 0 Å². The lowest BCUT2D eigenvalue weighted by molar-refractivity contribution is 0.279. The molecule has 0 aromatic heterocycles. The van der Waals surface area contributed by atoms with Crippen molar-refractivity contribution in [2.75, 3.05) is 13.1 Å². The molecule has 2 aliphatic rings. The van der Waals surface area contributed by atoms with Gasteiger partial charge in [0.05, 0.1) is 5.54 Å². The zero-order valence-electron chi connectivity index (χ0n) is 13.1. The fourth-order valence-electron chi connectivity index (χ4n) is 3.69. The summed E-state index contributed by atoms with van der Waals surface area (Å²) in [6, 6.07) is 0.